The average molecular weight is 313 g/mol. The lowest BCUT2D eigenvalue weighted by Gasteiger charge is -2.26. The highest BCUT2D eigenvalue weighted by Gasteiger charge is 2.38. The van der Waals surface area contributed by atoms with Crippen molar-refractivity contribution < 1.29 is 14.6 Å². The number of ether oxygens (including phenoxy) is 1. The standard InChI is InChI=1S/C15H21ClN2O3/c1-17(2)10-15(20)7-8-18(11-15)14(19)9-21-13-6-4-3-5-12(13)16/h3-6,20H,7-11H2,1-2H3. The number of nitrogens with zero attached hydrogens (tertiary/aromatic N) is 2. The smallest absolute Gasteiger partial charge is 0.260 e. The van der Waals surface area contributed by atoms with Crippen molar-refractivity contribution in [2.24, 2.45) is 0 Å². The molecule has 0 aliphatic carbocycles. The van der Waals surface area contributed by atoms with Crippen molar-refractivity contribution in [1.29, 1.82) is 0 Å². The van der Waals surface area contributed by atoms with Crippen LogP contribution in [0, 0.1) is 0 Å². The van der Waals surface area contributed by atoms with Gasteiger partial charge in [-0.2, -0.15) is 0 Å². The van der Waals surface area contributed by atoms with Crippen molar-refractivity contribution in [2.45, 2.75) is 12.0 Å². The first kappa shape index (κ1) is 16.1. The summed E-state index contributed by atoms with van der Waals surface area (Å²) >= 11 is 5.97. The molecule has 2 rings (SSSR count). The Morgan fingerprint density at radius 1 is 1.48 bits per heavy atom. The van der Waals surface area contributed by atoms with E-state index in [2.05, 4.69) is 0 Å². The van der Waals surface area contributed by atoms with Gasteiger partial charge >= 0.3 is 0 Å². The highest BCUT2D eigenvalue weighted by Crippen LogP contribution is 2.24. The van der Waals surface area contributed by atoms with Crippen molar-refractivity contribution in [1.82, 2.24) is 9.80 Å². The summed E-state index contributed by atoms with van der Waals surface area (Å²) in [4.78, 5) is 15.7. The van der Waals surface area contributed by atoms with Crippen molar-refractivity contribution in [2.75, 3.05) is 40.3 Å². The summed E-state index contributed by atoms with van der Waals surface area (Å²) in [6.45, 7) is 1.37. The summed E-state index contributed by atoms with van der Waals surface area (Å²) in [5.74, 6) is 0.361. The number of carbonyl (C=O) groups excluding carboxylic acids is 1. The molecule has 1 N–H and O–H groups in total. The quantitative estimate of drug-likeness (QED) is 0.889. The van der Waals surface area contributed by atoms with Crippen LogP contribution in [0.1, 0.15) is 6.42 Å². The van der Waals surface area contributed by atoms with Crippen LogP contribution in [0.5, 0.6) is 5.75 Å². The second-order valence-corrected chi connectivity index (χ2v) is 6.15. The number of carbonyl (C=O) groups is 1. The zero-order valence-corrected chi connectivity index (χ0v) is 13.1. The minimum absolute atomic E-state index is 0.0677. The molecule has 0 radical (unpaired) electrons. The zero-order chi connectivity index (χ0) is 15.5. The van der Waals surface area contributed by atoms with E-state index in [9.17, 15) is 9.90 Å². The molecule has 1 aliphatic rings. The number of halogens is 1. The first-order chi connectivity index (χ1) is 9.89. The third kappa shape index (κ3) is 4.33. The topological polar surface area (TPSA) is 53.0 Å². The molecule has 0 bridgehead atoms. The first-order valence-corrected chi connectivity index (χ1v) is 7.30. The molecule has 0 aromatic heterocycles. The minimum Gasteiger partial charge on any atom is -0.482 e. The number of para-hydroxylation sites is 1. The largest absolute Gasteiger partial charge is 0.482 e. The van der Waals surface area contributed by atoms with Crippen LogP contribution in [0.15, 0.2) is 24.3 Å². The van der Waals surface area contributed by atoms with Gasteiger partial charge in [0.1, 0.15) is 5.75 Å². The van der Waals surface area contributed by atoms with Crippen molar-refractivity contribution in [3.8, 4) is 5.75 Å². The molecule has 1 atom stereocenters. The third-order valence-corrected chi connectivity index (χ3v) is 3.80. The van der Waals surface area contributed by atoms with Gasteiger partial charge in [-0.15, -0.1) is 0 Å². The summed E-state index contributed by atoms with van der Waals surface area (Å²) in [5.41, 5.74) is -0.830. The van der Waals surface area contributed by atoms with Gasteiger partial charge in [-0.25, -0.2) is 0 Å². The Balaban J connectivity index is 1.86. The van der Waals surface area contributed by atoms with E-state index in [4.69, 9.17) is 16.3 Å². The number of β-amino-alcohol motifs (C(OH)–C–C–N with tert-alkyl or cyclic N) is 1. The number of hydrogen-bond acceptors (Lipinski definition) is 4. The number of likely N-dealkylation sites (tertiary alicyclic amines) is 1. The molecule has 21 heavy (non-hydrogen) atoms. The fraction of sp³-hybridized carbons (Fsp3) is 0.533. The number of likely N-dealkylation sites (N-methyl/N-ethyl adjacent to an activating group) is 1. The van der Waals surface area contributed by atoms with Crippen molar-refractivity contribution in [3.05, 3.63) is 29.3 Å². The highest BCUT2D eigenvalue weighted by molar-refractivity contribution is 6.32. The summed E-state index contributed by atoms with van der Waals surface area (Å²) < 4.78 is 5.45. The molecule has 1 aromatic rings. The van der Waals surface area contributed by atoms with E-state index >= 15 is 0 Å². The fourth-order valence-corrected chi connectivity index (χ4v) is 2.77. The molecule has 1 heterocycles. The summed E-state index contributed by atoms with van der Waals surface area (Å²) in [6, 6.07) is 7.05. The summed E-state index contributed by atoms with van der Waals surface area (Å²) in [6.07, 6.45) is 0.586. The second-order valence-electron chi connectivity index (χ2n) is 5.75. The maximum atomic E-state index is 12.1. The van der Waals surface area contributed by atoms with Gasteiger partial charge in [-0.05, 0) is 32.6 Å². The van der Waals surface area contributed by atoms with Crippen LogP contribution >= 0.6 is 11.6 Å². The van der Waals surface area contributed by atoms with Gasteiger partial charge in [-0.3, -0.25) is 4.79 Å². The van der Waals surface area contributed by atoms with Crippen molar-refractivity contribution >= 4 is 17.5 Å². The predicted molar refractivity (Wildman–Crippen MR) is 81.6 cm³/mol. The molecule has 5 nitrogen and oxygen atoms in total. The number of hydrogen-bond donors (Lipinski definition) is 1. The van der Waals surface area contributed by atoms with Gasteiger partial charge < -0.3 is 19.6 Å². The van der Waals surface area contributed by atoms with Gasteiger partial charge in [0, 0.05) is 13.1 Å². The van der Waals surface area contributed by atoms with E-state index in [-0.39, 0.29) is 12.5 Å². The molecule has 1 unspecified atom stereocenters. The maximum absolute atomic E-state index is 12.1. The molecule has 6 heteroatoms. The molecule has 0 spiro atoms. The SMILES string of the molecule is CN(C)CC1(O)CCN(C(=O)COc2ccccc2Cl)C1. The van der Waals surface area contributed by atoms with Crippen molar-refractivity contribution in [3.63, 3.8) is 0 Å². The Hall–Kier alpha value is -1.30. The minimum atomic E-state index is -0.830. The normalized spacial score (nSPS) is 21.9. The monoisotopic (exact) mass is 312 g/mol. The van der Waals surface area contributed by atoms with E-state index < -0.39 is 5.60 Å². The third-order valence-electron chi connectivity index (χ3n) is 3.48. The number of amides is 1. The van der Waals surface area contributed by atoms with Crippen LogP contribution in [0.4, 0.5) is 0 Å². The molecular formula is C15H21ClN2O3. The Bertz CT molecular complexity index is 509. The number of benzene rings is 1. The van der Waals surface area contributed by atoms with Gasteiger partial charge in [0.2, 0.25) is 0 Å². The maximum Gasteiger partial charge on any atom is 0.260 e. The van der Waals surface area contributed by atoms with Gasteiger partial charge in [-0.1, -0.05) is 23.7 Å². The van der Waals surface area contributed by atoms with Gasteiger partial charge in [0.05, 0.1) is 17.2 Å². The van der Waals surface area contributed by atoms with E-state index in [1.807, 2.05) is 19.0 Å². The Labute approximate surface area is 130 Å². The first-order valence-electron chi connectivity index (χ1n) is 6.92. The molecule has 116 valence electrons. The van der Waals surface area contributed by atoms with Crippen LogP contribution in [0.25, 0.3) is 0 Å². The molecule has 1 aromatic carbocycles. The Kier molecular flexibility index (Phi) is 5.08. The number of aliphatic hydroxyl groups is 1. The van der Waals surface area contributed by atoms with E-state index in [0.717, 1.165) is 0 Å². The van der Waals surface area contributed by atoms with E-state index in [1.54, 1.807) is 29.2 Å². The Morgan fingerprint density at radius 2 is 2.19 bits per heavy atom. The lowest BCUT2D eigenvalue weighted by atomic mass is 10.0. The van der Waals surface area contributed by atoms with Crippen LogP contribution in [-0.2, 0) is 4.79 Å². The van der Waals surface area contributed by atoms with Gasteiger partial charge in [0.15, 0.2) is 6.61 Å². The molecule has 0 saturated carbocycles. The van der Waals surface area contributed by atoms with Crippen LogP contribution in [-0.4, -0.2) is 66.8 Å². The van der Waals surface area contributed by atoms with E-state index in [0.29, 0.717) is 36.8 Å². The van der Waals surface area contributed by atoms with Crippen LogP contribution < -0.4 is 4.74 Å². The zero-order valence-electron chi connectivity index (χ0n) is 12.4. The highest BCUT2D eigenvalue weighted by atomic mass is 35.5. The molecule has 1 aliphatic heterocycles. The second kappa shape index (κ2) is 6.64. The van der Waals surface area contributed by atoms with Crippen LogP contribution in [0.2, 0.25) is 5.02 Å². The lowest BCUT2D eigenvalue weighted by molar-refractivity contribution is -0.133. The van der Waals surface area contributed by atoms with Gasteiger partial charge in [0.25, 0.3) is 5.91 Å². The number of rotatable bonds is 5. The average Bonchev–Trinajstić information content (AvgIpc) is 2.79. The van der Waals surface area contributed by atoms with Crippen LogP contribution in [0.3, 0.4) is 0 Å². The summed E-state index contributed by atoms with van der Waals surface area (Å²) in [7, 11) is 3.81. The van der Waals surface area contributed by atoms with E-state index in [1.165, 1.54) is 0 Å². The Morgan fingerprint density at radius 3 is 2.86 bits per heavy atom. The molecule has 1 saturated heterocycles. The lowest BCUT2D eigenvalue weighted by Crippen LogP contribution is -2.44. The predicted octanol–water partition coefficient (Wildman–Crippen LogP) is 1.24. The molecule has 1 fully saturated rings. The molecular weight excluding hydrogens is 292 g/mol. The molecule has 1 amide bonds. The fourth-order valence-electron chi connectivity index (χ4n) is 2.58. The summed E-state index contributed by atoms with van der Waals surface area (Å²) in [5, 5.41) is 10.9.